The molecular weight excluding hydrogens is 131 g/mol. The van der Waals surface area contributed by atoms with Gasteiger partial charge in [-0.15, -0.1) is 0 Å². The van der Waals surface area contributed by atoms with Crippen LogP contribution in [0.4, 0.5) is 4.39 Å². The Labute approximate surface area is 60.2 Å². The smallest absolute Gasteiger partial charge is 0.149 e. The molecule has 0 heterocycles. The van der Waals surface area contributed by atoms with E-state index in [1.165, 1.54) is 12.2 Å². The summed E-state index contributed by atoms with van der Waals surface area (Å²) >= 11 is 0. The lowest BCUT2D eigenvalue weighted by molar-refractivity contribution is -0.104. The van der Waals surface area contributed by atoms with E-state index in [2.05, 4.69) is 0 Å². The second-order valence-corrected chi connectivity index (χ2v) is 1.79. The summed E-state index contributed by atoms with van der Waals surface area (Å²) in [6.45, 7) is 1.40. The number of aldehydes is 1. The maximum Gasteiger partial charge on any atom is 0.149 e. The van der Waals surface area contributed by atoms with E-state index in [-0.39, 0.29) is 0 Å². The maximum atomic E-state index is 11.5. The van der Waals surface area contributed by atoms with Crippen LogP contribution >= 0.6 is 0 Å². The van der Waals surface area contributed by atoms with Crippen LogP contribution in [0.5, 0.6) is 0 Å². The minimum Gasteiger partial charge on any atom is -0.298 e. The standard InChI is InChI=1S/C8H11FO/c1-2-4-8(7-10)5-3-6-9/h3-5,7H,2,6H2,1H3/b5-3-,8-4+. The molecule has 0 rings (SSSR count). The highest BCUT2D eigenvalue weighted by Gasteiger charge is 1.84. The normalized spacial score (nSPS) is 12.4. The third kappa shape index (κ3) is 4.01. The maximum absolute atomic E-state index is 11.5. The van der Waals surface area contributed by atoms with E-state index in [0.717, 1.165) is 12.7 Å². The lowest BCUT2D eigenvalue weighted by Gasteiger charge is -1.85. The van der Waals surface area contributed by atoms with Crippen LogP contribution in [0.2, 0.25) is 0 Å². The monoisotopic (exact) mass is 142 g/mol. The molecule has 0 radical (unpaired) electrons. The first-order valence-corrected chi connectivity index (χ1v) is 3.23. The van der Waals surface area contributed by atoms with Crippen LogP contribution < -0.4 is 0 Å². The van der Waals surface area contributed by atoms with Crippen molar-refractivity contribution in [3.63, 3.8) is 0 Å². The van der Waals surface area contributed by atoms with Gasteiger partial charge in [-0.1, -0.05) is 25.2 Å². The van der Waals surface area contributed by atoms with Crippen molar-refractivity contribution in [1.82, 2.24) is 0 Å². The highest BCUT2D eigenvalue weighted by Crippen LogP contribution is 1.94. The van der Waals surface area contributed by atoms with Gasteiger partial charge in [0.1, 0.15) is 13.0 Å². The summed E-state index contributed by atoms with van der Waals surface area (Å²) in [6.07, 6.45) is 6.06. The van der Waals surface area contributed by atoms with Gasteiger partial charge in [0.15, 0.2) is 0 Å². The van der Waals surface area contributed by atoms with Crippen LogP contribution in [0.3, 0.4) is 0 Å². The van der Waals surface area contributed by atoms with E-state index < -0.39 is 6.67 Å². The number of carbonyl (C=O) groups excluding carboxylic acids is 1. The van der Waals surface area contributed by atoms with Crippen molar-refractivity contribution in [3.8, 4) is 0 Å². The van der Waals surface area contributed by atoms with Crippen LogP contribution in [0.25, 0.3) is 0 Å². The number of alkyl halides is 1. The first-order valence-electron chi connectivity index (χ1n) is 3.23. The van der Waals surface area contributed by atoms with Crippen molar-refractivity contribution >= 4 is 6.29 Å². The summed E-state index contributed by atoms with van der Waals surface area (Å²) in [4.78, 5) is 10.2. The SMILES string of the molecule is CC/C=C(C=O)\C=C/CF. The molecule has 0 saturated carbocycles. The van der Waals surface area contributed by atoms with Gasteiger partial charge in [-0.2, -0.15) is 0 Å². The van der Waals surface area contributed by atoms with E-state index in [0.29, 0.717) is 5.57 Å². The van der Waals surface area contributed by atoms with Gasteiger partial charge in [-0.25, -0.2) is 4.39 Å². The molecule has 0 aliphatic carbocycles. The Morgan fingerprint density at radius 3 is 2.70 bits per heavy atom. The van der Waals surface area contributed by atoms with E-state index in [4.69, 9.17) is 0 Å². The van der Waals surface area contributed by atoms with Crippen molar-refractivity contribution in [1.29, 1.82) is 0 Å². The fourth-order valence-electron chi connectivity index (χ4n) is 0.572. The minimum atomic E-state index is -0.519. The zero-order valence-electron chi connectivity index (χ0n) is 6.01. The first-order chi connectivity index (χ1) is 4.85. The second kappa shape index (κ2) is 6.20. The van der Waals surface area contributed by atoms with E-state index in [1.807, 2.05) is 6.92 Å². The van der Waals surface area contributed by atoms with Gasteiger partial charge < -0.3 is 0 Å². The molecule has 0 bridgehead atoms. The van der Waals surface area contributed by atoms with Crippen LogP contribution in [-0.2, 0) is 4.79 Å². The Morgan fingerprint density at radius 1 is 1.60 bits per heavy atom. The van der Waals surface area contributed by atoms with E-state index in [9.17, 15) is 9.18 Å². The number of hydrogen-bond acceptors (Lipinski definition) is 1. The average molecular weight is 142 g/mol. The van der Waals surface area contributed by atoms with Crippen LogP contribution in [-0.4, -0.2) is 13.0 Å². The van der Waals surface area contributed by atoms with E-state index in [1.54, 1.807) is 6.08 Å². The van der Waals surface area contributed by atoms with Crippen LogP contribution in [0.1, 0.15) is 13.3 Å². The highest BCUT2D eigenvalue weighted by atomic mass is 19.1. The Morgan fingerprint density at radius 2 is 2.30 bits per heavy atom. The molecule has 1 nitrogen and oxygen atoms in total. The molecule has 0 fully saturated rings. The summed E-state index contributed by atoms with van der Waals surface area (Å²) in [7, 11) is 0. The molecule has 2 heteroatoms. The fraction of sp³-hybridized carbons (Fsp3) is 0.375. The summed E-state index contributed by atoms with van der Waals surface area (Å²) < 4.78 is 11.5. The fourth-order valence-corrected chi connectivity index (χ4v) is 0.572. The molecule has 0 N–H and O–H groups in total. The van der Waals surface area contributed by atoms with Gasteiger partial charge >= 0.3 is 0 Å². The molecule has 0 aliphatic heterocycles. The third-order valence-electron chi connectivity index (χ3n) is 0.975. The molecule has 10 heavy (non-hydrogen) atoms. The second-order valence-electron chi connectivity index (χ2n) is 1.79. The Balaban J connectivity index is 3.94. The minimum absolute atomic E-state index is 0.519. The first kappa shape index (κ1) is 9.08. The van der Waals surface area contributed by atoms with Gasteiger partial charge in [0.25, 0.3) is 0 Å². The number of halogens is 1. The van der Waals surface area contributed by atoms with Crippen molar-refractivity contribution in [3.05, 3.63) is 23.8 Å². The molecule has 0 aromatic carbocycles. The quantitative estimate of drug-likeness (QED) is 0.333. The predicted molar refractivity (Wildman–Crippen MR) is 39.6 cm³/mol. The van der Waals surface area contributed by atoms with Crippen molar-refractivity contribution < 1.29 is 9.18 Å². The third-order valence-corrected chi connectivity index (χ3v) is 0.975. The molecule has 0 atom stereocenters. The van der Waals surface area contributed by atoms with Crippen molar-refractivity contribution in [2.75, 3.05) is 6.67 Å². The highest BCUT2D eigenvalue weighted by molar-refractivity contribution is 5.77. The molecule has 0 unspecified atom stereocenters. The molecule has 0 aliphatic rings. The number of carbonyl (C=O) groups is 1. The lowest BCUT2D eigenvalue weighted by Crippen LogP contribution is -1.78. The van der Waals surface area contributed by atoms with Gasteiger partial charge in [0, 0.05) is 5.57 Å². The van der Waals surface area contributed by atoms with Gasteiger partial charge in [-0.3, -0.25) is 4.79 Å². The van der Waals surface area contributed by atoms with Gasteiger partial charge in [0.2, 0.25) is 0 Å². The number of rotatable bonds is 4. The van der Waals surface area contributed by atoms with Crippen LogP contribution in [0.15, 0.2) is 23.8 Å². The Bertz CT molecular complexity index is 147. The van der Waals surface area contributed by atoms with Gasteiger partial charge in [0.05, 0.1) is 0 Å². The molecule has 0 spiro atoms. The topological polar surface area (TPSA) is 17.1 Å². The number of allylic oxidation sites excluding steroid dienone is 4. The van der Waals surface area contributed by atoms with Gasteiger partial charge in [-0.05, 0) is 6.42 Å². The van der Waals surface area contributed by atoms with Crippen LogP contribution in [0, 0.1) is 0 Å². The predicted octanol–water partition coefficient (Wildman–Crippen LogP) is 2.05. The molecule has 0 aromatic heterocycles. The zero-order valence-corrected chi connectivity index (χ0v) is 6.01. The van der Waals surface area contributed by atoms with Crippen molar-refractivity contribution in [2.24, 2.45) is 0 Å². The summed E-state index contributed by atoms with van der Waals surface area (Å²) in [5, 5.41) is 0. The average Bonchev–Trinajstić information content (AvgIpc) is 1.98. The lowest BCUT2D eigenvalue weighted by atomic mass is 10.2. The summed E-state index contributed by atoms with van der Waals surface area (Å²) in [6, 6.07) is 0. The molecular formula is C8H11FO. The van der Waals surface area contributed by atoms with E-state index >= 15 is 0 Å². The summed E-state index contributed by atoms with van der Waals surface area (Å²) in [5.41, 5.74) is 0.542. The summed E-state index contributed by atoms with van der Waals surface area (Å²) in [5.74, 6) is 0. The largest absolute Gasteiger partial charge is 0.298 e. The molecule has 0 aromatic rings. The number of hydrogen-bond donors (Lipinski definition) is 0. The molecule has 0 saturated heterocycles. The Hall–Kier alpha value is -0.920. The molecule has 56 valence electrons. The Kier molecular flexibility index (Phi) is 5.63. The van der Waals surface area contributed by atoms with Crippen molar-refractivity contribution in [2.45, 2.75) is 13.3 Å². The molecule has 0 amide bonds. The zero-order chi connectivity index (χ0) is 7.82.